The second kappa shape index (κ2) is 11.3. The van der Waals surface area contributed by atoms with E-state index in [0.29, 0.717) is 25.4 Å². The highest BCUT2D eigenvalue weighted by molar-refractivity contribution is 7.87. The third kappa shape index (κ3) is 6.36. The van der Waals surface area contributed by atoms with E-state index in [1.807, 2.05) is 4.90 Å². The molecular weight excluding hydrogens is 484 g/mol. The lowest BCUT2D eigenvalue weighted by Gasteiger charge is -2.33. The van der Waals surface area contributed by atoms with E-state index in [2.05, 4.69) is 5.32 Å². The van der Waals surface area contributed by atoms with Gasteiger partial charge in [-0.05, 0) is 67.6 Å². The third-order valence-corrected chi connectivity index (χ3v) is 7.73. The molecule has 0 bridgehead atoms. The quantitative estimate of drug-likeness (QED) is 0.479. The average molecular weight is 517 g/mol. The van der Waals surface area contributed by atoms with Gasteiger partial charge >= 0.3 is 10.1 Å². The summed E-state index contributed by atoms with van der Waals surface area (Å²) in [6.07, 6.45) is 4.79. The van der Waals surface area contributed by atoms with E-state index in [1.165, 1.54) is 38.3 Å². The second-order valence-electron chi connectivity index (χ2n) is 9.21. The zero-order valence-corrected chi connectivity index (χ0v) is 21.4. The number of rotatable bonds is 10. The molecule has 1 saturated carbocycles. The number of nitrogens with one attached hydrogen (secondary N) is 1. The van der Waals surface area contributed by atoms with Crippen molar-refractivity contribution in [2.24, 2.45) is 5.92 Å². The van der Waals surface area contributed by atoms with Crippen LogP contribution in [0.15, 0.2) is 47.4 Å². The fourth-order valence-corrected chi connectivity index (χ4v) is 5.29. The molecule has 9 nitrogen and oxygen atoms in total. The maximum absolute atomic E-state index is 13.1. The lowest BCUT2D eigenvalue weighted by Crippen LogP contribution is -2.42. The Bertz CT molecular complexity index is 1190. The van der Waals surface area contributed by atoms with E-state index in [9.17, 15) is 18.0 Å². The predicted molar refractivity (Wildman–Crippen MR) is 133 cm³/mol. The van der Waals surface area contributed by atoms with Gasteiger partial charge in [-0.15, -0.1) is 0 Å². The lowest BCUT2D eigenvalue weighted by atomic mass is 9.84. The first kappa shape index (κ1) is 26.0. The summed E-state index contributed by atoms with van der Waals surface area (Å²) >= 11 is 0. The molecule has 1 N–H and O–H groups in total. The topological polar surface area (TPSA) is 111 Å². The monoisotopic (exact) mass is 516 g/mol. The van der Waals surface area contributed by atoms with Crippen LogP contribution in [0.1, 0.15) is 44.6 Å². The van der Waals surface area contributed by atoms with Crippen molar-refractivity contribution in [3.05, 3.63) is 48.0 Å². The fraction of sp³-hybridized carbons (Fsp3) is 0.462. The molecule has 0 spiro atoms. The minimum absolute atomic E-state index is 0.0174. The van der Waals surface area contributed by atoms with E-state index in [1.54, 1.807) is 18.2 Å². The van der Waals surface area contributed by atoms with Gasteiger partial charge in [0.2, 0.25) is 11.8 Å². The standard InChI is InChI=1S/C26H32N2O7S/c1-18(29)27-21-9-11-23(12-10-21)36(31,32)35-25-15-19(8-13-24(25)33-2)16-28(17-22-7-4-14-34-22)26(30)20-5-3-6-20/h8-13,15,20,22H,3-7,14,16-17H2,1-2H3,(H,27,29)/t22-/m0/s1. The Labute approximate surface area is 211 Å². The highest BCUT2D eigenvalue weighted by Gasteiger charge is 2.32. The second-order valence-corrected chi connectivity index (χ2v) is 10.8. The summed E-state index contributed by atoms with van der Waals surface area (Å²) in [6, 6.07) is 10.7. The van der Waals surface area contributed by atoms with Crippen molar-refractivity contribution in [1.29, 1.82) is 0 Å². The van der Waals surface area contributed by atoms with Crippen molar-refractivity contribution in [3.8, 4) is 11.5 Å². The zero-order valence-electron chi connectivity index (χ0n) is 20.6. The molecule has 0 radical (unpaired) electrons. The van der Waals surface area contributed by atoms with E-state index >= 15 is 0 Å². The molecule has 36 heavy (non-hydrogen) atoms. The number of hydrogen-bond donors (Lipinski definition) is 1. The van der Waals surface area contributed by atoms with Crippen LogP contribution in [0.3, 0.4) is 0 Å². The number of methoxy groups -OCH3 is 1. The van der Waals surface area contributed by atoms with Crippen molar-refractivity contribution in [1.82, 2.24) is 4.90 Å². The Hall–Kier alpha value is -3.11. The van der Waals surface area contributed by atoms with Gasteiger partial charge in [-0.3, -0.25) is 9.59 Å². The first-order valence-corrected chi connectivity index (χ1v) is 13.6. The Kier molecular flexibility index (Phi) is 8.15. The van der Waals surface area contributed by atoms with Gasteiger partial charge in [0.25, 0.3) is 0 Å². The molecule has 2 aliphatic rings. The molecule has 1 atom stereocenters. The van der Waals surface area contributed by atoms with Crippen molar-refractivity contribution in [2.45, 2.75) is 56.6 Å². The summed E-state index contributed by atoms with van der Waals surface area (Å²) in [5, 5.41) is 2.59. The Morgan fingerprint density at radius 1 is 1.06 bits per heavy atom. The van der Waals surface area contributed by atoms with Crippen LogP contribution < -0.4 is 14.2 Å². The van der Waals surface area contributed by atoms with Gasteiger partial charge in [-0.1, -0.05) is 12.5 Å². The van der Waals surface area contributed by atoms with Crippen LogP contribution in [0.5, 0.6) is 11.5 Å². The molecule has 2 aromatic carbocycles. The van der Waals surface area contributed by atoms with E-state index < -0.39 is 10.1 Å². The summed E-state index contributed by atoms with van der Waals surface area (Å²) in [4.78, 5) is 26.1. The van der Waals surface area contributed by atoms with E-state index in [-0.39, 0.29) is 40.2 Å². The number of ether oxygens (including phenoxy) is 2. The molecule has 2 fully saturated rings. The summed E-state index contributed by atoms with van der Waals surface area (Å²) in [5.41, 5.74) is 1.20. The molecule has 0 aromatic heterocycles. The summed E-state index contributed by atoms with van der Waals surface area (Å²) in [5.74, 6) is 0.193. The van der Waals surface area contributed by atoms with Gasteiger partial charge in [0.05, 0.1) is 13.2 Å². The summed E-state index contributed by atoms with van der Waals surface area (Å²) in [6.45, 7) is 2.91. The summed E-state index contributed by atoms with van der Waals surface area (Å²) in [7, 11) is -2.74. The number of amides is 2. The predicted octanol–water partition coefficient (Wildman–Crippen LogP) is 3.73. The third-order valence-electron chi connectivity index (χ3n) is 6.48. The minimum atomic E-state index is -4.17. The SMILES string of the molecule is COc1ccc(CN(C[C@@H]2CCCO2)C(=O)C2CCC2)cc1OS(=O)(=O)c1ccc(NC(C)=O)cc1. The van der Waals surface area contributed by atoms with Gasteiger partial charge in [0, 0.05) is 38.2 Å². The number of carbonyl (C=O) groups excluding carboxylic acids is 2. The van der Waals surface area contributed by atoms with Gasteiger partial charge in [-0.2, -0.15) is 8.42 Å². The highest BCUT2D eigenvalue weighted by atomic mass is 32.2. The number of anilines is 1. The number of nitrogens with zero attached hydrogens (tertiary/aromatic N) is 1. The smallest absolute Gasteiger partial charge is 0.339 e. The van der Waals surface area contributed by atoms with Gasteiger partial charge < -0.3 is 23.9 Å². The van der Waals surface area contributed by atoms with Crippen LogP contribution >= 0.6 is 0 Å². The Morgan fingerprint density at radius 2 is 1.81 bits per heavy atom. The molecule has 2 aromatic rings. The highest BCUT2D eigenvalue weighted by Crippen LogP contribution is 2.33. The van der Waals surface area contributed by atoms with Crippen molar-refractivity contribution >= 4 is 27.6 Å². The number of benzene rings is 2. The van der Waals surface area contributed by atoms with Crippen molar-refractivity contribution < 1.29 is 31.7 Å². The Morgan fingerprint density at radius 3 is 2.39 bits per heavy atom. The first-order valence-electron chi connectivity index (χ1n) is 12.1. The van der Waals surface area contributed by atoms with Crippen LogP contribution in [-0.4, -0.2) is 51.5 Å². The molecule has 2 amide bonds. The van der Waals surface area contributed by atoms with Crippen LogP contribution in [0, 0.1) is 5.92 Å². The zero-order chi connectivity index (χ0) is 25.7. The molecule has 0 unspecified atom stereocenters. The van der Waals surface area contributed by atoms with Crippen LogP contribution in [0.2, 0.25) is 0 Å². The molecule has 1 saturated heterocycles. The number of hydrogen-bond acceptors (Lipinski definition) is 7. The molecule has 1 heterocycles. The molecule has 4 rings (SSSR count). The van der Waals surface area contributed by atoms with E-state index in [4.69, 9.17) is 13.7 Å². The lowest BCUT2D eigenvalue weighted by molar-refractivity contribution is -0.140. The first-order chi connectivity index (χ1) is 17.2. The van der Waals surface area contributed by atoms with Crippen molar-refractivity contribution in [3.63, 3.8) is 0 Å². The van der Waals surface area contributed by atoms with Gasteiger partial charge in [-0.25, -0.2) is 0 Å². The van der Waals surface area contributed by atoms with Crippen LogP contribution in [0.4, 0.5) is 5.69 Å². The van der Waals surface area contributed by atoms with Crippen LogP contribution in [0.25, 0.3) is 0 Å². The normalized spacial score (nSPS) is 17.8. The van der Waals surface area contributed by atoms with Gasteiger partial charge in [0.1, 0.15) is 4.90 Å². The summed E-state index contributed by atoms with van der Waals surface area (Å²) < 4.78 is 42.5. The molecular formula is C26H32N2O7S. The van der Waals surface area contributed by atoms with Gasteiger partial charge in [0.15, 0.2) is 11.5 Å². The number of carbonyl (C=O) groups is 2. The maximum Gasteiger partial charge on any atom is 0.339 e. The molecule has 1 aliphatic carbocycles. The maximum atomic E-state index is 13.1. The largest absolute Gasteiger partial charge is 0.493 e. The van der Waals surface area contributed by atoms with Crippen molar-refractivity contribution in [2.75, 3.05) is 25.6 Å². The molecule has 1 aliphatic heterocycles. The Balaban J connectivity index is 1.53. The molecule has 10 heteroatoms. The molecule has 194 valence electrons. The van der Waals surface area contributed by atoms with Crippen LogP contribution in [-0.2, 0) is 31.0 Å². The van der Waals surface area contributed by atoms with E-state index in [0.717, 1.165) is 37.7 Å². The average Bonchev–Trinajstić information content (AvgIpc) is 3.30. The fourth-order valence-electron chi connectivity index (χ4n) is 4.36. The minimum Gasteiger partial charge on any atom is -0.493 e.